The highest BCUT2D eigenvalue weighted by Gasteiger charge is 2.44. The Balaban J connectivity index is 1.19. The van der Waals surface area contributed by atoms with Crippen molar-refractivity contribution in [3.05, 3.63) is 89.0 Å². The molecular weight excluding hydrogens is 444 g/mol. The number of alkyl carbamates (subject to hydrolysis) is 1. The third-order valence-corrected chi connectivity index (χ3v) is 7.33. The number of amides is 2. The minimum atomic E-state index is -1.05. The van der Waals surface area contributed by atoms with Crippen LogP contribution in [0.3, 0.4) is 0 Å². The molecule has 0 saturated heterocycles. The second-order valence-electron chi connectivity index (χ2n) is 9.25. The molecule has 2 amide bonds. The van der Waals surface area contributed by atoms with Gasteiger partial charge in [-0.05, 0) is 46.2 Å². The van der Waals surface area contributed by atoms with Gasteiger partial charge in [0.1, 0.15) is 18.7 Å². The summed E-state index contributed by atoms with van der Waals surface area (Å²) in [6.07, 6.45) is 0.526. The quantitative estimate of drug-likeness (QED) is 0.606. The molecule has 3 aliphatic rings. The van der Waals surface area contributed by atoms with Crippen LogP contribution in [-0.4, -0.2) is 41.8 Å². The normalized spacial score (nSPS) is 20.0. The first-order chi connectivity index (χ1) is 17.0. The Labute approximate surface area is 202 Å². The zero-order valence-electron chi connectivity index (χ0n) is 18.9. The molecule has 0 radical (unpaired) electrons. The number of rotatable bonds is 4. The fraction of sp³-hybridized carbons (Fsp3) is 0.250. The Kier molecular flexibility index (Phi) is 5.06. The van der Waals surface area contributed by atoms with Crippen LogP contribution < -0.4 is 10.2 Å². The summed E-state index contributed by atoms with van der Waals surface area (Å²) in [5.74, 6) is -1.54. The standard InChI is InChI=1S/C28H24N2O5/c31-26-23(13-12-16-6-5-7-17-14-24(27(32)33)30(26)25(16)17)29-28(34)35-15-22-20-10-3-1-8-18(20)19-9-2-4-11-21(19)22/h1-11,22-24H,12-15H2,(H,29,34)(H,32,33)/t23-,24?/m0/s1. The number of fused-ring (bicyclic) bond motifs is 3. The number of carboxylic acid groups (broad SMARTS) is 1. The number of benzene rings is 3. The molecule has 2 heterocycles. The first kappa shape index (κ1) is 21.4. The van der Waals surface area contributed by atoms with Crippen molar-refractivity contribution in [3.8, 4) is 11.1 Å². The number of aryl methyl sites for hydroxylation is 1. The topological polar surface area (TPSA) is 95.9 Å². The van der Waals surface area contributed by atoms with Crippen LogP contribution in [0.25, 0.3) is 11.1 Å². The third kappa shape index (κ3) is 3.46. The largest absolute Gasteiger partial charge is 0.480 e. The SMILES string of the molecule is O=C(N[C@H]1CCc2cccc3c2N(C1=O)C(C(=O)O)C3)OCC1c2ccccc2-c2ccccc21. The molecule has 0 bridgehead atoms. The van der Waals surface area contributed by atoms with E-state index in [2.05, 4.69) is 17.4 Å². The molecule has 3 aromatic rings. The zero-order chi connectivity index (χ0) is 24.1. The van der Waals surface area contributed by atoms with Gasteiger partial charge in [0.05, 0.1) is 5.69 Å². The van der Waals surface area contributed by atoms with Crippen LogP contribution >= 0.6 is 0 Å². The Bertz CT molecular complexity index is 1320. The van der Waals surface area contributed by atoms with Gasteiger partial charge in [0.15, 0.2) is 0 Å². The van der Waals surface area contributed by atoms with Gasteiger partial charge in [0, 0.05) is 12.3 Å². The monoisotopic (exact) mass is 468 g/mol. The number of carboxylic acids is 1. The highest BCUT2D eigenvalue weighted by molar-refractivity contribution is 6.06. The minimum absolute atomic E-state index is 0.0835. The van der Waals surface area contributed by atoms with Crippen LogP contribution in [0, 0.1) is 0 Å². The van der Waals surface area contributed by atoms with E-state index in [0.717, 1.165) is 33.4 Å². The summed E-state index contributed by atoms with van der Waals surface area (Å²) in [6, 6.07) is 20.0. The molecule has 7 heteroatoms. The molecule has 1 aliphatic carbocycles. The first-order valence-electron chi connectivity index (χ1n) is 11.8. The Morgan fingerprint density at radius 1 is 0.943 bits per heavy atom. The summed E-state index contributed by atoms with van der Waals surface area (Å²) in [5, 5.41) is 12.5. The average Bonchev–Trinajstić information content (AvgIpc) is 3.37. The number of nitrogens with one attached hydrogen (secondary N) is 1. The smallest absolute Gasteiger partial charge is 0.407 e. The molecule has 0 spiro atoms. The van der Waals surface area contributed by atoms with E-state index in [1.807, 2.05) is 54.6 Å². The van der Waals surface area contributed by atoms with Gasteiger partial charge in [0.25, 0.3) is 5.91 Å². The van der Waals surface area contributed by atoms with Crippen molar-refractivity contribution >= 4 is 23.7 Å². The summed E-state index contributed by atoms with van der Waals surface area (Å²) in [6.45, 7) is 0.145. The maximum atomic E-state index is 13.4. The fourth-order valence-corrected chi connectivity index (χ4v) is 5.74. The van der Waals surface area contributed by atoms with E-state index < -0.39 is 30.1 Å². The molecule has 176 valence electrons. The van der Waals surface area contributed by atoms with Crippen LogP contribution in [0.1, 0.15) is 34.6 Å². The molecule has 2 atom stereocenters. The van der Waals surface area contributed by atoms with Crippen LogP contribution in [0.15, 0.2) is 66.7 Å². The molecule has 0 fully saturated rings. The molecule has 1 unspecified atom stereocenters. The molecule has 7 nitrogen and oxygen atoms in total. The van der Waals surface area contributed by atoms with Gasteiger partial charge in [-0.1, -0.05) is 66.7 Å². The Morgan fingerprint density at radius 3 is 2.29 bits per heavy atom. The molecule has 0 aromatic heterocycles. The van der Waals surface area contributed by atoms with Gasteiger partial charge in [-0.2, -0.15) is 0 Å². The second kappa shape index (κ2) is 8.27. The maximum Gasteiger partial charge on any atom is 0.407 e. The van der Waals surface area contributed by atoms with Gasteiger partial charge in [-0.25, -0.2) is 9.59 Å². The predicted molar refractivity (Wildman–Crippen MR) is 129 cm³/mol. The molecule has 2 aliphatic heterocycles. The van der Waals surface area contributed by atoms with Gasteiger partial charge >= 0.3 is 12.1 Å². The molecule has 6 rings (SSSR count). The molecular formula is C28H24N2O5. The van der Waals surface area contributed by atoms with E-state index >= 15 is 0 Å². The van der Waals surface area contributed by atoms with Crippen molar-refractivity contribution in [2.45, 2.75) is 37.3 Å². The number of hydrogen-bond acceptors (Lipinski definition) is 4. The van der Waals surface area contributed by atoms with Crippen molar-refractivity contribution in [2.24, 2.45) is 0 Å². The van der Waals surface area contributed by atoms with Gasteiger partial charge < -0.3 is 15.2 Å². The number of hydrogen-bond donors (Lipinski definition) is 2. The number of para-hydroxylation sites is 1. The summed E-state index contributed by atoms with van der Waals surface area (Å²) >= 11 is 0. The van der Waals surface area contributed by atoms with Crippen LogP contribution in [0.4, 0.5) is 10.5 Å². The van der Waals surface area contributed by atoms with E-state index in [1.165, 1.54) is 4.90 Å². The molecule has 0 saturated carbocycles. The summed E-state index contributed by atoms with van der Waals surface area (Å²) in [4.78, 5) is 39.5. The van der Waals surface area contributed by atoms with Crippen molar-refractivity contribution in [1.82, 2.24) is 5.32 Å². The molecule has 35 heavy (non-hydrogen) atoms. The number of carbonyl (C=O) groups excluding carboxylic acids is 2. The van der Waals surface area contributed by atoms with Gasteiger partial charge in [0.2, 0.25) is 0 Å². The van der Waals surface area contributed by atoms with Gasteiger partial charge in [-0.3, -0.25) is 9.69 Å². The van der Waals surface area contributed by atoms with E-state index in [4.69, 9.17) is 4.74 Å². The van der Waals surface area contributed by atoms with Crippen molar-refractivity contribution in [1.29, 1.82) is 0 Å². The predicted octanol–water partition coefficient (Wildman–Crippen LogP) is 3.88. The number of carbonyl (C=O) groups is 3. The van der Waals surface area contributed by atoms with Gasteiger partial charge in [-0.15, -0.1) is 0 Å². The van der Waals surface area contributed by atoms with E-state index in [9.17, 15) is 19.5 Å². The number of ether oxygens (including phenoxy) is 1. The van der Waals surface area contributed by atoms with Crippen LogP contribution in [0.5, 0.6) is 0 Å². The number of anilines is 1. The summed E-state index contributed by atoms with van der Waals surface area (Å²) in [5.41, 5.74) is 6.95. The number of nitrogens with zero attached hydrogens (tertiary/aromatic N) is 1. The summed E-state index contributed by atoms with van der Waals surface area (Å²) < 4.78 is 5.63. The molecule has 2 N–H and O–H groups in total. The Hall–Kier alpha value is -4.13. The lowest BCUT2D eigenvalue weighted by Crippen LogP contribution is -2.52. The number of aliphatic carboxylic acids is 1. The van der Waals surface area contributed by atoms with Crippen molar-refractivity contribution < 1.29 is 24.2 Å². The first-order valence-corrected chi connectivity index (χ1v) is 11.8. The highest BCUT2D eigenvalue weighted by atomic mass is 16.5. The third-order valence-electron chi connectivity index (χ3n) is 7.33. The molecule has 3 aromatic carbocycles. The van der Waals surface area contributed by atoms with E-state index in [-0.39, 0.29) is 18.9 Å². The van der Waals surface area contributed by atoms with Crippen molar-refractivity contribution in [3.63, 3.8) is 0 Å². The van der Waals surface area contributed by atoms with Crippen LogP contribution in [0.2, 0.25) is 0 Å². The lowest BCUT2D eigenvalue weighted by molar-refractivity contribution is -0.140. The highest BCUT2D eigenvalue weighted by Crippen LogP contribution is 2.44. The van der Waals surface area contributed by atoms with Crippen molar-refractivity contribution in [2.75, 3.05) is 11.5 Å². The van der Waals surface area contributed by atoms with E-state index in [1.54, 1.807) is 0 Å². The van der Waals surface area contributed by atoms with E-state index in [0.29, 0.717) is 18.5 Å². The maximum absolute atomic E-state index is 13.4. The lowest BCUT2D eigenvalue weighted by atomic mass is 9.98. The second-order valence-corrected chi connectivity index (χ2v) is 9.25. The Morgan fingerprint density at radius 2 is 1.60 bits per heavy atom. The average molecular weight is 469 g/mol. The lowest BCUT2D eigenvalue weighted by Gasteiger charge is -2.26. The van der Waals surface area contributed by atoms with Crippen LogP contribution in [-0.2, 0) is 27.2 Å². The fourth-order valence-electron chi connectivity index (χ4n) is 5.74. The zero-order valence-corrected chi connectivity index (χ0v) is 18.9. The summed E-state index contributed by atoms with van der Waals surface area (Å²) in [7, 11) is 0. The minimum Gasteiger partial charge on any atom is -0.480 e.